The van der Waals surface area contributed by atoms with Gasteiger partial charge in [0.05, 0.1) is 21.3 Å². The third-order valence-electron chi connectivity index (χ3n) is 3.59. The van der Waals surface area contributed by atoms with E-state index in [0.717, 1.165) is 5.56 Å². The van der Waals surface area contributed by atoms with Gasteiger partial charge < -0.3 is 18.9 Å². The monoisotopic (exact) mass is 312 g/mol. The number of ketones is 1. The topological polar surface area (TPSA) is 54.0 Å². The Morgan fingerprint density at radius 1 is 0.957 bits per heavy atom. The minimum Gasteiger partial charge on any atom is -0.496 e. The summed E-state index contributed by atoms with van der Waals surface area (Å²) in [6.45, 7) is 0. The van der Waals surface area contributed by atoms with Gasteiger partial charge in [-0.1, -0.05) is 18.2 Å². The lowest BCUT2D eigenvalue weighted by Crippen LogP contribution is -2.00. The fourth-order valence-corrected chi connectivity index (χ4v) is 2.46. The largest absolute Gasteiger partial charge is 0.496 e. The average molecular weight is 312 g/mol. The summed E-state index contributed by atoms with van der Waals surface area (Å²) in [7, 11) is 4.63. The van der Waals surface area contributed by atoms with Gasteiger partial charge >= 0.3 is 0 Å². The van der Waals surface area contributed by atoms with E-state index in [1.54, 1.807) is 32.4 Å². The number of hydrogen-bond acceptors (Lipinski definition) is 5. The summed E-state index contributed by atoms with van der Waals surface area (Å²) >= 11 is 0. The second kappa shape index (κ2) is 6.04. The van der Waals surface area contributed by atoms with Gasteiger partial charge in [-0.05, 0) is 12.1 Å². The van der Waals surface area contributed by atoms with Crippen LogP contribution in [0.4, 0.5) is 0 Å². The van der Waals surface area contributed by atoms with Gasteiger partial charge in [-0.15, -0.1) is 0 Å². The van der Waals surface area contributed by atoms with Crippen LogP contribution in [0.15, 0.2) is 42.2 Å². The van der Waals surface area contributed by atoms with Crippen LogP contribution in [-0.4, -0.2) is 27.1 Å². The van der Waals surface area contributed by atoms with Crippen molar-refractivity contribution < 1.29 is 23.7 Å². The van der Waals surface area contributed by atoms with E-state index in [1.165, 1.54) is 7.11 Å². The van der Waals surface area contributed by atoms with Gasteiger partial charge in [0.15, 0.2) is 5.76 Å². The van der Waals surface area contributed by atoms with E-state index in [0.29, 0.717) is 28.6 Å². The number of carbonyl (C=O) groups excluding carboxylic acids is 1. The molecule has 5 nitrogen and oxygen atoms in total. The molecule has 0 saturated heterocycles. The molecule has 1 aliphatic rings. The summed E-state index contributed by atoms with van der Waals surface area (Å²) in [5, 5.41) is 0. The molecule has 5 heteroatoms. The molecule has 3 rings (SSSR count). The smallest absolute Gasteiger partial charge is 0.235 e. The lowest BCUT2D eigenvalue weighted by molar-refractivity contribution is 0.101. The third kappa shape index (κ3) is 2.61. The Morgan fingerprint density at radius 2 is 1.70 bits per heavy atom. The summed E-state index contributed by atoms with van der Waals surface area (Å²) in [4.78, 5) is 12.6. The van der Waals surface area contributed by atoms with Crippen molar-refractivity contribution in [2.75, 3.05) is 21.3 Å². The van der Waals surface area contributed by atoms with Gasteiger partial charge in [-0.25, -0.2) is 0 Å². The zero-order valence-electron chi connectivity index (χ0n) is 13.1. The average Bonchev–Trinajstić information content (AvgIpc) is 2.90. The summed E-state index contributed by atoms with van der Waals surface area (Å²) in [5.41, 5.74) is 1.16. The molecule has 0 N–H and O–H groups in total. The Morgan fingerprint density at radius 3 is 2.39 bits per heavy atom. The van der Waals surface area contributed by atoms with E-state index < -0.39 is 0 Å². The van der Waals surface area contributed by atoms with E-state index in [9.17, 15) is 4.79 Å². The van der Waals surface area contributed by atoms with E-state index in [4.69, 9.17) is 18.9 Å². The van der Waals surface area contributed by atoms with Crippen LogP contribution in [-0.2, 0) is 0 Å². The molecule has 0 amide bonds. The fraction of sp³-hybridized carbons (Fsp3) is 0.167. The molecule has 2 aromatic carbocycles. The molecular formula is C18H16O5. The van der Waals surface area contributed by atoms with Crippen LogP contribution in [0.2, 0.25) is 0 Å². The molecule has 2 aromatic rings. The van der Waals surface area contributed by atoms with Crippen LogP contribution < -0.4 is 18.9 Å². The Bertz CT molecular complexity index is 792. The molecule has 23 heavy (non-hydrogen) atoms. The number of methoxy groups -OCH3 is 3. The van der Waals surface area contributed by atoms with Crippen molar-refractivity contribution in [1.82, 2.24) is 0 Å². The number of para-hydroxylation sites is 1. The SMILES string of the molecule is COc1cc(OC)c2c(c1)O/C(=C\c1ccccc1OC)C2=O. The minimum absolute atomic E-state index is 0.219. The third-order valence-corrected chi connectivity index (χ3v) is 3.59. The maximum atomic E-state index is 12.6. The first kappa shape index (κ1) is 15.0. The van der Waals surface area contributed by atoms with Gasteiger partial charge in [0.2, 0.25) is 5.78 Å². The molecule has 0 aliphatic carbocycles. The van der Waals surface area contributed by atoms with Gasteiger partial charge in [0, 0.05) is 17.7 Å². The van der Waals surface area contributed by atoms with Crippen molar-refractivity contribution in [1.29, 1.82) is 0 Å². The zero-order valence-corrected chi connectivity index (χ0v) is 13.1. The molecule has 0 bridgehead atoms. The molecule has 0 radical (unpaired) electrons. The van der Waals surface area contributed by atoms with E-state index in [1.807, 2.05) is 24.3 Å². The lowest BCUT2D eigenvalue weighted by atomic mass is 10.1. The maximum Gasteiger partial charge on any atom is 0.235 e. The summed E-state index contributed by atoms with van der Waals surface area (Å²) in [6, 6.07) is 10.7. The first-order valence-corrected chi connectivity index (χ1v) is 7.01. The lowest BCUT2D eigenvalue weighted by Gasteiger charge is -2.07. The molecular weight excluding hydrogens is 296 g/mol. The summed E-state index contributed by atoms with van der Waals surface area (Å²) in [6.07, 6.45) is 1.66. The summed E-state index contributed by atoms with van der Waals surface area (Å²) in [5.74, 6) is 2.06. The predicted octanol–water partition coefficient (Wildman–Crippen LogP) is 3.33. The molecule has 0 unspecified atom stereocenters. The van der Waals surface area contributed by atoms with Crippen molar-refractivity contribution in [3.63, 3.8) is 0 Å². The Hall–Kier alpha value is -2.95. The second-order valence-corrected chi connectivity index (χ2v) is 4.88. The molecule has 0 fully saturated rings. The highest BCUT2D eigenvalue weighted by molar-refractivity contribution is 6.16. The number of ether oxygens (including phenoxy) is 4. The van der Waals surface area contributed by atoms with Crippen molar-refractivity contribution >= 4 is 11.9 Å². The number of hydrogen-bond donors (Lipinski definition) is 0. The highest BCUT2D eigenvalue weighted by atomic mass is 16.5. The Labute approximate surface area is 134 Å². The van der Waals surface area contributed by atoms with Crippen molar-refractivity contribution in [3.05, 3.63) is 53.3 Å². The highest BCUT2D eigenvalue weighted by Crippen LogP contribution is 2.41. The first-order chi connectivity index (χ1) is 11.2. The maximum absolute atomic E-state index is 12.6. The predicted molar refractivity (Wildman–Crippen MR) is 85.5 cm³/mol. The molecule has 0 atom stereocenters. The molecule has 0 spiro atoms. The highest BCUT2D eigenvalue weighted by Gasteiger charge is 2.32. The van der Waals surface area contributed by atoms with Crippen LogP contribution in [0.25, 0.3) is 6.08 Å². The molecule has 1 aliphatic heterocycles. The van der Waals surface area contributed by atoms with Crippen molar-refractivity contribution in [3.8, 4) is 23.0 Å². The molecule has 0 saturated carbocycles. The standard InChI is InChI=1S/C18H16O5/c1-20-12-9-14(22-3)17-15(10-12)23-16(18(17)19)8-11-6-4-5-7-13(11)21-2/h4-10H,1-3H3/b16-8-. The van der Waals surface area contributed by atoms with Gasteiger partial charge in [-0.3, -0.25) is 4.79 Å². The van der Waals surface area contributed by atoms with Gasteiger partial charge in [-0.2, -0.15) is 0 Å². The molecule has 118 valence electrons. The van der Waals surface area contributed by atoms with Crippen molar-refractivity contribution in [2.24, 2.45) is 0 Å². The van der Waals surface area contributed by atoms with Crippen LogP contribution in [0, 0.1) is 0 Å². The van der Waals surface area contributed by atoms with Gasteiger partial charge in [0.1, 0.15) is 28.6 Å². The molecule has 0 aromatic heterocycles. The minimum atomic E-state index is -0.231. The van der Waals surface area contributed by atoms with Crippen LogP contribution >= 0.6 is 0 Å². The van der Waals surface area contributed by atoms with Crippen LogP contribution in [0.3, 0.4) is 0 Å². The van der Waals surface area contributed by atoms with Crippen LogP contribution in [0.5, 0.6) is 23.0 Å². The zero-order chi connectivity index (χ0) is 16.4. The number of allylic oxidation sites excluding steroid dienone is 1. The Balaban J connectivity index is 2.05. The Kier molecular flexibility index (Phi) is 3.93. The second-order valence-electron chi connectivity index (χ2n) is 4.88. The normalized spacial score (nSPS) is 14.4. The number of benzene rings is 2. The summed E-state index contributed by atoms with van der Waals surface area (Å²) < 4.78 is 21.5. The fourth-order valence-electron chi connectivity index (χ4n) is 2.46. The van der Waals surface area contributed by atoms with E-state index in [-0.39, 0.29) is 11.5 Å². The van der Waals surface area contributed by atoms with Crippen LogP contribution in [0.1, 0.15) is 15.9 Å². The van der Waals surface area contributed by atoms with Gasteiger partial charge in [0.25, 0.3) is 0 Å². The number of rotatable bonds is 4. The molecule has 1 heterocycles. The first-order valence-electron chi connectivity index (χ1n) is 7.01. The van der Waals surface area contributed by atoms with E-state index >= 15 is 0 Å². The number of fused-ring (bicyclic) bond motifs is 1. The van der Waals surface area contributed by atoms with Crippen molar-refractivity contribution in [2.45, 2.75) is 0 Å². The van der Waals surface area contributed by atoms with E-state index in [2.05, 4.69) is 0 Å². The number of Topliss-reactive ketones (excluding diaryl/α,β-unsaturated/α-hetero) is 1. The number of carbonyl (C=O) groups is 1. The quantitative estimate of drug-likeness (QED) is 0.811.